The van der Waals surface area contributed by atoms with Crippen LogP contribution in [0.1, 0.15) is 39.9 Å². The van der Waals surface area contributed by atoms with Gasteiger partial charge in [0.2, 0.25) is 0 Å². The molecule has 3 rings (SSSR count). The number of methoxy groups -OCH3 is 2. The van der Waals surface area contributed by atoms with Crippen molar-refractivity contribution in [3.8, 4) is 11.5 Å². The highest BCUT2D eigenvalue weighted by atomic mass is 16.5. The molecule has 0 atom stereocenters. The Balaban J connectivity index is 1.57. The van der Waals surface area contributed by atoms with E-state index in [9.17, 15) is 14.7 Å². The average Bonchev–Trinajstić information content (AvgIpc) is 3.19. The van der Waals surface area contributed by atoms with Gasteiger partial charge >= 0.3 is 11.9 Å². The number of allylic oxidation sites excluding steroid dienone is 2. The third-order valence-corrected chi connectivity index (χ3v) is 5.73. The van der Waals surface area contributed by atoms with E-state index in [1.54, 1.807) is 13.2 Å². The molecule has 9 heteroatoms. The molecule has 2 aliphatic rings. The molecule has 1 N–H and O–H groups in total. The molecule has 1 saturated heterocycles. The Hall–Kier alpha value is -2.78. The van der Waals surface area contributed by atoms with Crippen molar-refractivity contribution in [2.45, 2.75) is 32.8 Å². The first kappa shape index (κ1) is 23.9. The lowest BCUT2D eigenvalue weighted by Crippen LogP contribution is -2.38. The Bertz CT molecular complexity index is 873. The van der Waals surface area contributed by atoms with Gasteiger partial charge in [-0.2, -0.15) is 0 Å². The van der Waals surface area contributed by atoms with Gasteiger partial charge in [0, 0.05) is 43.6 Å². The van der Waals surface area contributed by atoms with E-state index in [0.717, 1.165) is 24.2 Å². The maximum absolute atomic E-state index is 12.2. The number of carbonyl (C=O) groups is 2. The molecule has 0 spiro atoms. The topological polar surface area (TPSA) is 104 Å². The first-order valence-electron chi connectivity index (χ1n) is 10.7. The molecule has 32 heavy (non-hydrogen) atoms. The molecular weight excluding hydrogens is 418 g/mol. The Morgan fingerprint density at radius 1 is 1.16 bits per heavy atom. The normalized spacial score (nSPS) is 16.5. The lowest BCUT2D eigenvalue weighted by Gasteiger charge is -2.26. The molecule has 9 nitrogen and oxygen atoms in total. The van der Waals surface area contributed by atoms with E-state index in [1.165, 1.54) is 7.11 Å². The van der Waals surface area contributed by atoms with Gasteiger partial charge in [-0.05, 0) is 18.6 Å². The van der Waals surface area contributed by atoms with Crippen molar-refractivity contribution in [1.29, 1.82) is 0 Å². The minimum Gasteiger partial charge on any atom is -0.513 e. The molecule has 0 radical (unpaired) electrons. The second-order valence-corrected chi connectivity index (χ2v) is 7.67. The highest BCUT2D eigenvalue weighted by Gasteiger charge is 2.32. The number of hydrogen-bond donors (Lipinski definition) is 1. The molecule has 1 aromatic rings. The largest absolute Gasteiger partial charge is 0.513 e. The zero-order chi connectivity index (χ0) is 23.1. The fourth-order valence-electron chi connectivity index (χ4n) is 3.97. The Morgan fingerprint density at radius 3 is 2.56 bits per heavy atom. The van der Waals surface area contributed by atoms with E-state index in [4.69, 9.17) is 23.7 Å². The van der Waals surface area contributed by atoms with Crippen LogP contribution < -0.4 is 9.47 Å². The van der Waals surface area contributed by atoms with Gasteiger partial charge in [-0.1, -0.05) is 0 Å². The number of morpholine rings is 1. The van der Waals surface area contributed by atoms with Gasteiger partial charge in [0.05, 0.1) is 39.6 Å². The van der Waals surface area contributed by atoms with E-state index in [-0.39, 0.29) is 37.6 Å². The minimum atomic E-state index is -0.433. The van der Waals surface area contributed by atoms with Crippen LogP contribution in [-0.2, 0) is 32.0 Å². The van der Waals surface area contributed by atoms with Gasteiger partial charge in [-0.3, -0.25) is 9.69 Å². The van der Waals surface area contributed by atoms with E-state index in [1.807, 2.05) is 6.92 Å². The van der Waals surface area contributed by atoms with Crippen LogP contribution in [0.25, 0.3) is 0 Å². The lowest BCUT2D eigenvalue weighted by molar-refractivity contribution is -0.144. The van der Waals surface area contributed by atoms with Gasteiger partial charge in [-0.25, -0.2) is 4.79 Å². The third-order valence-electron chi connectivity index (χ3n) is 5.73. The van der Waals surface area contributed by atoms with Crippen LogP contribution in [0.4, 0.5) is 0 Å². The van der Waals surface area contributed by atoms with Crippen LogP contribution in [-0.4, -0.2) is 75.6 Å². The molecule has 1 fully saturated rings. The van der Waals surface area contributed by atoms with Crippen LogP contribution in [0, 0.1) is 6.92 Å². The number of cyclic esters (lactones) is 1. The Kier molecular flexibility index (Phi) is 8.35. The first-order valence-corrected chi connectivity index (χ1v) is 10.7. The molecule has 176 valence electrons. The number of carbonyl (C=O) groups excluding carboxylic acids is 2. The standard InChI is InChI=1S/C23H31NO8/c1-15-18-14-32-23(27)20(18)22(29-3)17(21(15)28-2)6-4-16(25)5-7-19(26)31-13-10-24-8-11-30-12-9-24/h4,25H,5-14H2,1-3H3/b16-4-. The number of aliphatic hydroxyl groups is 1. The number of nitrogens with zero attached hydrogens (tertiary/aromatic N) is 1. The number of rotatable bonds is 10. The summed E-state index contributed by atoms with van der Waals surface area (Å²) in [5, 5.41) is 10.3. The van der Waals surface area contributed by atoms with Crippen molar-refractivity contribution >= 4 is 11.9 Å². The van der Waals surface area contributed by atoms with Crippen molar-refractivity contribution < 1.29 is 38.4 Å². The summed E-state index contributed by atoms with van der Waals surface area (Å²) in [6, 6.07) is 0. The van der Waals surface area contributed by atoms with E-state index < -0.39 is 5.97 Å². The Morgan fingerprint density at radius 2 is 1.88 bits per heavy atom. The molecule has 0 saturated carbocycles. The minimum absolute atomic E-state index is 0.0555. The first-order chi connectivity index (χ1) is 15.5. The number of esters is 2. The summed E-state index contributed by atoms with van der Waals surface area (Å²) < 4.78 is 26.8. The van der Waals surface area contributed by atoms with Crippen molar-refractivity contribution in [1.82, 2.24) is 4.90 Å². The SMILES string of the molecule is COc1c(C)c2c(c(OC)c1C/C=C(\O)CCC(=O)OCCN1CCOCC1)C(=O)OC2. The molecule has 2 aliphatic heterocycles. The van der Waals surface area contributed by atoms with Crippen LogP contribution in [0.2, 0.25) is 0 Å². The second-order valence-electron chi connectivity index (χ2n) is 7.67. The predicted octanol–water partition coefficient (Wildman–Crippen LogP) is 2.32. The molecule has 2 heterocycles. The maximum atomic E-state index is 12.2. The van der Waals surface area contributed by atoms with Crippen molar-refractivity contribution in [3.63, 3.8) is 0 Å². The van der Waals surface area contributed by atoms with Crippen molar-refractivity contribution in [3.05, 3.63) is 34.1 Å². The number of aliphatic hydroxyl groups excluding tert-OH is 1. The third kappa shape index (κ3) is 5.52. The molecule has 0 aromatic heterocycles. The van der Waals surface area contributed by atoms with Crippen LogP contribution in [0.3, 0.4) is 0 Å². The van der Waals surface area contributed by atoms with Crippen molar-refractivity contribution in [2.75, 3.05) is 53.7 Å². The molecule has 0 amide bonds. The summed E-state index contributed by atoms with van der Waals surface area (Å²) in [6.45, 7) is 6.13. The van der Waals surface area contributed by atoms with E-state index in [2.05, 4.69) is 4.90 Å². The summed E-state index contributed by atoms with van der Waals surface area (Å²) in [4.78, 5) is 26.3. The van der Waals surface area contributed by atoms with Gasteiger partial charge in [-0.15, -0.1) is 0 Å². The summed E-state index contributed by atoms with van der Waals surface area (Å²) in [5.74, 6) is 0.239. The van der Waals surface area contributed by atoms with Gasteiger partial charge in [0.15, 0.2) is 0 Å². The van der Waals surface area contributed by atoms with Gasteiger partial charge < -0.3 is 28.8 Å². The zero-order valence-electron chi connectivity index (χ0n) is 18.9. The molecule has 1 aromatic carbocycles. The monoisotopic (exact) mass is 449 g/mol. The maximum Gasteiger partial charge on any atom is 0.342 e. The fourth-order valence-corrected chi connectivity index (χ4v) is 3.97. The smallest absolute Gasteiger partial charge is 0.342 e. The highest BCUT2D eigenvalue weighted by molar-refractivity contribution is 5.98. The molecule has 0 aliphatic carbocycles. The zero-order valence-corrected chi connectivity index (χ0v) is 18.9. The summed E-state index contributed by atoms with van der Waals surface area (Å²) >= 11 is 0. The van der Waals surface area contributed by atoms with Crippen LogP contribution in [0.5, 0.6) is 11.5 Å². The van der Waals surface area contributed by atoms with E-state index in [0.29, 0.717) is 49.0 Å². The number of benzene rings is 1. The summed E-state index contributed by atoms with van der Waals surface area (Å²) in [6.07, 6.45) is 2.10. The fraction of sp³-hybridized carbons (Fsp3) is 0.565. The lowest BCUT2D eigenvalue weighted by atomic mass is 9.95. The quantitative estimate of drug-likeness (QED) is 0.426. The average molecular weight is 450 g/mol. The van der Waals surface area contributed by atoms with Crippen LogP contribution in [0.15, 0.2) is 11.8 Å². The molecular formula is C23H31NO8. The predicted molar refractivity (Wildman–Crippen MR) is 115 cm³/mol. The highest BCUT2D eigenvalue weighted by Crippen LogP contribution is 2.42. The van der Waals surface area contributed by atoms with Crippen molar-refractivity contribution in [2.24, 2.45) is 0 Å². The Labute approximate surface area is 187 Å². The summed E-state index contributed by atoms with van der Waals surface area (Å²) in [7, 11) is 3.03. The summed E-state index contributed by atoms with van der Waals surface area (Å²) in [5.41, 5.74) is 2.60. The number of fused-ring (bicyclic) bond motifs is 1. The second kappa shape index (κ2) is 11.2. The molecule has 0 unspecified atom stereocenters. The number of ether oxygens (including phenoxy) is 5. The van der Waals surface area contributed by atoms with Gasteiger partial charge in [0.25, 0.3) is 0 Å². The van der Waals surface area contributed by atoms with Gasteiger partial charge in [0.1, 0.15) is 30.3 Å². The molecule has 0 bridgehead atoms. The van der Waals surface area contributed by atoms with Crippen LogP contribution >= 0.6 is 0 Å². The van der Waals surface area contributed by atoms with E-state index >= 15 is 0 Å². The number of hydrogen-bond acceptors (Lipinski definition) is 9.